The largest absolute Gasteiger partial charge is 0.394 e. The van der Waals surface area contributed by atoms with Crippen molar-refractivity contribution in [2.24, 2.45) is 0 Å². The van der Waals surface area contributed by atoms with Crippen LogP contribution in [0.5, 0.6) is 0 Å². The Morgan fingerprint density at radius 2 is 2.20 bits per heavy atom. The maximum Gasteiger partial charge on any atom is 0.0702 e. The van der Waals surface area contributed by atoms with Crippen molar-refractivity contribution >= 4 is 0 Å². The van der Waals surface area contributed by atoms with Gasteiger partial charge in [0.05, 0.1) is 12.7 Å². The Balaban J connectivity index is 2.28. The average Bonchev–Trinajstić information content (AvgIpc) is 2.89. The van der Waals surface area contributed by atoms with E-state index in [1.165, 1.54) is 12.8 Å². The van der Waals surface area contributed by atoms with Crippen LogP contribution in [0, 0.1) is 0 Å². The highest BCUT2D eigenvalue weighted by Gasteiger charge is 2.27. The summed E-state index contributed by atoms with van der Waals surface area (Å²) in [5.74, 6) is 0. The number of ether oxygens (including phenoxy) is 1. The lowest BCUT2D eigenvalue weighted by Crippen LogP contribution is -2.51. The monoisotopic (exact) mass is 286 g/mol. The molecule has 0 aromatic rings. The van der Waals surface area contributed by atoms with Crippen molar-refractivity contribution in [3.8, 4) is 0 Å². The van der Waals surface area contributed by atoms with Gasteiger partial charge in [0.2, 0.25) is 0 Å². The lowest BCUT2D eigenvalue weighted by molar-refractivity contribution is 0.0781. The molecule has 4 nitrogen and oxygen atoms in total. The second-order valence-corrected chi connectivity index (χ2v) is 6.59. The van der Waals surface area contributed by atoms with Crippen molar-refractivity contribution in [1.29, 1.82) is 0 Å². The van der Waals surface area contributed by atoms with E-state index in [2.05, 4.69) is 38.0 Å². The fraction of sp³-hybridized carbons (Fsp3) is 1.00. The number of rotatable bonds is 10. The van der Waals surface area contributed by atoms with Crippen molar-refractivity contribution in [3.05, 3.63) is 0 Å². The molecule has 0 spiro atoms. The molecule has 0 saturated carbocycles. The molecule has 1 heterocycles. The van der Waals surface area contributed by atoms with Crippen LogP contribution in [0.25, 0.3) is 0 Å². The minimum atomic E-state index is -0.112. The average molecular weight is 286 g/mol. The highest BCUT2D eigenvalue weighted by atomic mass is 16.5. The molecular weight excluding hydrogens is 252 g/mol. The highest BCUT2D eigenvalue weighted by molar-refractivity contribution is 4.87. The third-order valence-electron chi connectivity index (χ3n) is 4.31. The molecule has 4 heteroatoms. The van der Waals surface area contributed by atoms with Crippen LogP contribution < -0.4 is 5.32 Å². The molecule has 2 N–H and O–H groups in total. The topological polar surface area (TPSA) is 44.7 Å². The van der Waals surface area contributed by atoms with Crippen LogP contribution in [-0.2, 0) is 4.74 Å². The van der Waals surface area contributed by atoms with E-state index < -0.39 is 0 Å². The number of likely N-dealkylation sites (N-methyl/N-ethyl adjacent to an activating group) is 1. The van der Waals surface area contributed by atoms with Crippen LogP contribution in [0.1, 0.15) is 52.9 Å². The van der Waals surface area contributed by atoms with E-state index in [1.807, 2.05) is 0 Å². The van der Waals surface area contributed by atoms with Crippen LogP contribution in [-0.4, -0.2) is 61.0 Å². The Morgan fingerprint density at radius 1 is 1.45 bits per heavy atom. The van der Waals surface area contributed by atoms with Gasteiger partial charge in [-0.25, -0.2) is 0 Å². The van der Waals surface area contributed by atoms with Gasteiger partial charge in [-0.1, -0.05) is 20.8 Å². The Bertz CT molecular complexity index is 249. The van der Waals surface area contributed by atoms with Gasteiger partial charge in [0.15, 0.2) is 0 Å². The molecule has 2 unspecified atom stereocenters. The quantitative estimate of drug-likeness (QED) is 0.645. The molecule has 1 aliphatic heterocycles. The maximum atomic E-state index is 9.72. The summed E-state index contributed by atoms with van der Waals surface area (Å²) in [6.45, 7) is 9.70. The number of aliphatic hydroxyl groups is 1. The smallest absolute Gasteiger partial charge is 0.0702 e. The first-order chi connectivity index (χ1) is 9.51. The van der Waals surface area contributed by atoms with Gasteiger partial charge in [0, 0.05) is 24.7 Å². The summed E-state index contributed by atoms with van der Waals surface area (Å²) in [5.41, 5.74) is -0.112. The summed E-state index contributed by atoms with van der Waals surface area (Å²) in [5, 5.41) is 13.3. The van der Waals surface area contributed by atoms with Crippen molar-refractivity contribution in [3.63, 3.8) is 0 Å². The first kappa shape index (κ1) is 17.9. The number of hydrogen-bond donors (Lipinski definition) is 2. The van der Waals surface area contributed by atoms with Gasteiger partial charge in [-0.3, -0.25) is 0 Å². The van der Waals surface area contributed by atoms with Gasteiger partial charge in [-0.15, -0.1) is 0 Å². The second-order valence-electron chi connectivity index (χ2n) is 6.59. The zero-order chi connectivity index (χ0) is 15.0. The molecule has 120 valence electrons. The molecule has 0 aromatic carbocycles. The molecule has 1 aliphatic rings. The third-order valence-corrected chi connectivity index (χ3v) is 4.31. The molecule has 0 amide bonds. The highest BCUT2D eigenvalue weighted by Crippen LogP contribution is 2.19. The van der Waals surface area contributed by atoms with Crippen molar-refractivity contribution in [2.45, 2.75) is 70.6 Å². The number of aliphatic hydroxyl groups excluding tert-OH is 1. The molecule has 20 heavy (non-hydrogen) atoms. The summed E-state index contributed by atoms with van der Waals surface area (Å²) in [7, 11) is 2.17. The summed E-state index contributed by atoms with van der Waals surface area (Å²) in [6.07, 6.45) is 5.94. The maximum absolute atomic E-state index is 9.72. The standard InChI is InChI=1S/C16H34N2O2/c1-5-16(13-19,17-14(2)3)9-7-10-18(4)12-15-8-6-11-20-15/h14-15,17,19H,5-13H2,1-4H3. The predicted molar refractivity (Wildman–Crippen MR) is 84.1 cm³/mol. The summed E-state index contributed by atoms with van der Waals surface area (Å²) < 4.78 is 5.67. The van der Waals surface area contributed by atoms with Gasteiger partial charge in [0.1, 0.15) is 0 Å². The normalized spacial score (nSPS) is 22.6. The number of nitrogens with zero attached hydrogens (tertiary/aromatic N) is 1. The van der Waals surface area contributed by atoms with Crippen LogP contribution in [0.15, 0.2) is 0 Å². The molecule has 0 radical (unpaired) electrons. The first-order valence-corrected chi connectivity index (χ1v) is 8.20. The molecule has 0 aromatic heterocycles. The van der Waals surface area contributed by atoms with Crippen LogP contribution in [0.2, 0.25) is 0 Å². The van der Waals surface area contributed by atoms with Crippen LogP contribution in [0.3, 0.4) is 0 Å². The molecule has 1 fully saturated rings. The second kappa shape index (κ2) is 8.98. The van der Waals surface area contributed by atoms with Gasteiger partial charge in [-0.2, -0.15) is 0 Å². The fourth-order valence-corrected chi connectivity index (χ4v) is 3.11. The predicted octanol–water partition coefficient (Wildman–Crippen LogP) is 2.02. The number of nitrogens with one attached hydrogen (secondary N) is 1. The van der Waals surface area contributed by atoms with E-state index in [0.29, 0.717) is 12.1 Å². The van der Waals surface area contributed by atoms with Crippen molar-refractivity contribution < 1.29 is 9.84 Å². The van der Waals surface area contributed by atoms with Crippen LogP contribution >= 0.6 is 0 Å². The van der Waals surface area contributed by atoms with E-state index in [1.54, 1.807) is 0 Å². The summed E-state index contributed by atoms with van der Waals surface area (Å²) >= 11 is 0. The third kappa shape index (κ3) is 6.08. The molecule has 1 rings (SSSR count). The van der Waals surface area contributed by atoms with E-state index in [0.717, 1.165) is 39.0 Å². The van der Waals surface area contributed by atoms with Gasteiger partial charge in [0.25, 0.3) is 0 Å². The molecule has 0 aliphatic carbocycles. The lowest BCUT2D eigenvalue weighted by Gasteiger charge is -2.35. The lowest BCUT2D eigenvalue weighted by atomic mass is 9.90. The van der Waals surface area contributed by atoms with Gasteiger partial charge in [-0.05, 0) is 45.7 Å². The van der Waals surface area contributed by atoms with E-state index >= 15 is 0 Å². The zero-order valence-corrected chi connectivity index (χ0v) is 13.8. The van der Waals surface area contributed by atoms with Crippen molar-refractivity contribution in [2.75, 3.05) is 33.4 Å². The Morgan fingerprint density at radius 3 is 2.70 bits per heavy atom. The van der Waals surface area contributed by atoms with E-state index in [-0.39, 0.29) is 12.1 Å². The summed E-state index contributed by atoms with van der Waals surface area (Å²) in [6, 6.07) is 0.409. The zero-order valence-electron chi connectivity index (χ0n) is 13.8. The molecule has 2 atom stereocenters. The van der Waals surface area contributed by atoms with Crippen molar-refractivity contribution in [1.82, 2.24) is 10.2 Å². The van der Waals surface area contributed by atoms with Gasteiger partial charge < -0.3 is 20.1 Å². The SMILES string of the molecule is CCC(CO)(CCCN(C)CC1CCCO1)NC(C)C. The Kier molecular flexibility index (Phi) is 8.03. The molecular formula is C16H34N2O2. The molecule has 1 saturated heterocycles. The Labute approximate surface area is 124 Å². The minimum absolute atomic E-state index is 0.112. The fourth-order valence-electron chi connectivity index (χ4n) is 3.11. The number of hydrogen-bond acceptors (Lipinski definition) is 4. The van der Waals surface area contributed by atoms with Gasteiger partial charge >= 0.3 is 0 Å². The first-order valence-electron chi connectivity index (χ1n) is 8.20. The Hall–Kier alpha value is -0.160. The molecule has 0 bridgehead atoms. The minimum Gasteiger partial charge on any atom is -0.394 e. The summed E-state index contributed by atoms with van der Waals surface area (Å²) in [4.78, 5) is 2.36. The van der Waals surface area contributed by atoms with E-state index in [9.17, 15) is 5.11 Å². The van der Waals surface area contributed by atoms with Crippen LogP contribution in [0.4, 0.5) is 0 Å². The van der Waals surface area contributed by atoms with E-state index in [4.69, 9.17) is 4.74 Å².